The van der Waals surface area contributed by atoms with Crippen molar-refractivity contribution in [3.05, 3.63) is 66.2 Å². The molecule has 1 heterocycles. The number of amides is 2. The molecule has 7 heteroatoms. The van der Waals surface area contributed by atoms with Crippen LogP contribution >= 0.6 is 0 Å². The fourth-order valence-electron chi connectivity index (χ4n) is 2.38. The summed E-state index contributed by atoms with van der Waals surface area (Å²) in [6.07, 6.45) is 0. The summed E-state index contributed by atoms with van der Waals surface area (Å²) in [6.45, 7) is 0. The smallest absolute Gasteiger partial charge is 0.335 e. The summed E-state index contributed by atoms with van der Waals surface area (Å²) in [5.74, 6) is -0.598. The fourth-order valence-corrected chi connectivity index (χ4v) is 2.38. The van der Waals surface area contributed by atoms with Gasteiger partial charge in [0.2, 0.25) is 0 Å². The highest BCUT2D eigenvalue weighted by Gasteiger charge is 2.10. The molecule has 2 aromatic carbocycles. The Labute approximate surface area is 143 Å². The van der Waals surface area contributed by atoms with Crippen molar-refractivity contribution in [2.75, 3.05) is 10.6 Å². The number of carboxylic acid groups (broad SMARTS) is 1. The number of benzene rings is 2. The molecule has 0 saturated heterocycles. The summed E-state index contributed by atoms with van der Waals surface area (Å²) in [5.41, 5.74) is 2.52. The third kappa shape index (κ3) is 3.84. The molecule has 0 atom stereocenters. The van der Waals surface area contributed by atoms with Crippen LogP contribution < -0.4 is 10.6 Å². The first-order valence-electron chi connectivity index (χ1n) is 7.54. The van der Waals surface area contributed by atoms with Crippen LogP contribution in [0.15, 0.2) is 60.7 Å². The quantitative estimate of drug-likeness (QED) is 0.680. The lowest BCUT2D eigenvalue weighted by Crippen LogP contribution is -2.19. The van der Waals surface area contributed by atoms with Crippen LogP contribution in [0.2, 0.25) is 0 Å². The van der Waals surface area contributed by atoms with Gasteiger partial charge in [-0.3, -0.25) is 10.00 Å². The SMILES string of the molecule is Cn1nc(NC(=O)Nc2ccc(C(=O)O)cc2)cc1-c1ccccc1. The van der Waals surface area contributed by atoms with Crippen LogP contribution in [0, 0.1) is 0 Å². The van der Waals surface area contributed by atoms with E-state index in [1.807, 2.05) is 30.3 Å². The molecular formula is C18H16N4O3. The molecule has 1 aromatic heterocycles. The van der Waals surface area contributed by atoms with Crippen molar-refractivity contribution in [2.45, 2.75) is 0 Å². The van der Waals surface area contributed by atoms with Gasteiger partial charge in [0.05, 0.1) is 11.3 Å². The third-order valence-corrected chi connectivity index (χ3v) is 3.58. The normalized spacial score (nSPS) is 10.3. The van der Waals surface area contributed by atoms with Crippen LogP contribution in [0.25, 0.3) is 11.3 Å². The number of hydrogen-bond donors (Lipinski definition) is 3. The summed E-state index contributed by atoms with van der Waals surface area (Å²) in [5, 5.41) is 18.4. The van der Waals surface area contributed by atoms with Gasteiger partial charge >= 0.3 is 12.0 Å². The molecule has 0 aliphatic rings. The van der Waals surface area contributed by atoms with Crippen molar-refractivity contribution >= 4 is 23.5 Å². The highest BCUT2D eigenvalue weighted by molar-refractivity contribution is 5.99. The Hall–Kier alpha value is -3.61. The largest absolute Gasteiger partial charge is 0.478 e. The summed E-state index contributed by atoms with van der Waals surface area (Å²) < 4.78 is 1.69. The number of nitrogens with one attached hydrogen (secondary N) is 2. The van der Waals surface area contributed by atoms with E-state index in [-0.39, 0.29) is 5.56 Å². The van der Waals surface area contributed by atoms with Gasteiger partial charge in [0, 0.05) is 18.8 Å². The number of rotatable bonds is 4. The number of hydrogen-bond acceptors (Lipinski definition) is 3. The number of carboxylic acids is 1. The van der Waals surface area contributed by atoms with Crippen LogP contribution in [0.4, 0.5) is 16.3 Å². The van der Waals surface area contributed by atoms with Crippen LogP contribution in [-0.2, 0) is 7.05 Å². The van der Waals surface area contributed by atoms with E-state index in [0.29, 0.717) is 11.5 Å². The zero-order chi connectivity index (χ0) is 17.8. The van der Waals surface area contributed by atoms with Crippen LogP contribution in [-0.4, -0.2) is 26.9 Å². The Morgan fingerprint density at radius 3 is 2.32 bits per heavy atom. The van der Waals surface area contributed by atoms with Gasteiger partial charge in [0.25, 0.3) is 0 Å². The molecule has 25 heavy (non-hydrogen) atoms. The minimum absolute atomic E-state index is 0.156. The van der Waals surface area contributed by atoms with Gasteiger partial charge in [-0.15, -0.1) is 0 Å². The maximum absolute atomic E-state index is 12.1. The van der Waals surface area contributed by atoms with Crippen molar-refractivity contribution in [3.63, 3.8) is 0 Å². The molecule has 2 amide bonds. The lowest BCUT2D eigenvalue weighted by molar-refractivity contribution is 0.0697. The zero-order valence-electron chi connectivity index (χ0n) is 13.4. The van der Waals surface area contributed by atoms with Gasteiger partial charge in [-0.05, 0) is 29.8 Å². The fraction of sp³-hybridized carbons (Fsp3) is 0.0556. The van der Waals surface area contributed by atoms with Gasteiger partial charge in [-0.1, -0.05) is 30.3 Å². The highest BCUT2D eigenvalue weighted by atomic mass is 16.4. The maximum atomic E-state index is 12.1. The monoisotopic (exact) mass is 336 g/mol. The average Bonchev–Trinajstić information content (AvgIpc) is 2.96. The topological polar surface area (TPSA) is 96.3 Å². The number of aryl methyl sites for hydroxylation is 1. The average molecular weight is 336 g/mol. The number of aromatic nitrogens is 2. The molecule has 3 N–H and O–H groups in total. The number of aromatic carboxylic acids is 1. The van der Waals surface area contributed by atoms with Gasteiger partial charge < -0.3 is 10.4 Å². The third-order valence-electron chi connectivity index (χ3n) is 3.58. The predicted molar refractivity (Wildman–Crippen MR) is 94.7 cm³/mol. The summed E-state index contributed by atoms with van der Waals surface area (Å²) >= 11 is 0. The molecular weight excluding hydrogens is 320 g/mol. The van der Waals surface area contributed by atoms with E-state index in [4.69, 9.17) is 5.11 Å². The van der Waals surface area contributed by atoms with E-state index in [2.05, 4.69) is 15.7 Å². The summed E-state index contributed by atoms with van der Waals surface area (Å²) in [4.78, 5) is 22.9. The van der Waals surface area contributed by atoms with Crippen molar-refractivity contribution < 1.29 is 14.7 Å². The molecule has 0 bridgehead atoms. The van der Waals surface area contributed by atoms with E-state index in [1.165, 1.54) is 24.3 Å². The van der Waals surface area contributed by atoms with E-state index in [1.54, 1.807) is 17.8 Å². The Morgan fingerprint density at radius 2 is 1.68 bits per heavy atom. The molecule has 126 valence electrons. The molecule has 7 nitrogen and oxygen atoms in total. The number of nitrogens with zero attached hydrogens (tertiary/aromatic N) is 2. The van der Waals surface area contributed by atoms with Gasteiger partial charge in [-0.2, -0.15) is 5.10 Å². The number of carbonyl (C=O) groups excluding carboxylic acids is 1. The zero-order valence-corrected chi connectivity index (χ0v) is 13.4. The van der Waals surface area contributed by atoms with E-state index < -0.39 is 12.0 Å². The molecule has 0 aliphatic heterocycles. The first-order chi connectivity index (χ1) is 12.0. The summed E-state index contributed by atoms with van der Waals surface area (Å²) in [7, 11) is 1.80. The molecule has 0 radical (unpaired) electrons. The Bertz CT molecular complexity index is 902. The van der Waals surface area contributed by atoms with E-state index in [9.17, 15) is 9.59 Å². The maximum Gasteiger partial charge on any atom is 0.335 e. The van der Waals surface area contributed by atoms with Crippen LogP contribution in [0.1, 0.15) is 10.4 Å². The second-order valence-electron chi connectivity index (χ2n) is 5.37. The van der Waals surface area contributed by atoms with Crippen LogP contribution in [0.3, 0.4) is 0 Å². The van der Waals surface area contributed by atoms with Crippen molar-refractivity contribution in [3.8, 4) is 11.3 Å². The minimum atomic E-state index is -1.02. The first-order valence-corrected chi connectivity index (χ1v) is 7.54. The van der Waals surface area contributed by atoms with Gasteiger partial charge in [0.1, 0.15) is 0 Å². The van der Waals surface area contributed by atoms with Gasteiger partial charge in [0.15, 0.2) is 5.82 Å². The summed E-state index contributed by atoms with van der Waals surface area (Å²) in [6, 6.07) is 16.9. The number of anilines is 2. The lowest BCUT2D eigenvalue weighted by atomic mass is 10.1. The van der Waals surface area contributed by atoms with Crippen LogP contribution in [0.5, 0.6) is 0 Å². The molecule has 0 fully saturated rings. The highest BCUT2D eigenvalue weighted by Crippen LogP contribution is 2.21. The standard InChI is InChI=1S/C18H16N4O3/c1-22-15(12-5-3-2-4-6-12)11-16(21-22)20-18(25)19-14-9-7-13(8-10-14)17(23)24/h2-11H,1H3,(H,23,24)(H2,19,20,21,25). The molecule has 0 aliphatic carbocycles. The Balaban J connectivity index is 1.68. The molecule has 0 spiro atoms. The van der Waals surface area contributed by atoms with Crippen molar-refractivity contribution in [1.29, 1.82) is 0 Å². The Morgan fingerprint density at radius 1 is 1.00 bits per heavy atom. The number of urea groups is 1. The van der Waals surface area contributed by atoms with Gasteiger partial charge in [-0.25, -0.2) is 9.59 Å². The van der Waals surface area contributed by atoms with Crippen molar-refractivity contribution in [1.82, 2.24) is 9.78 Å². The second kappa shape index (κ2) is 6.88. The first kappa shape index (κ1) is 16.3. The minimum Gasteiger partial charge on any atom is -0.478 e. The van der Waals surface area contributed by atoms with E-state index >= 15 is 0 Å². The van der Waals surface area contributed by atoms with Crippen molar-refractivity contribution in [2.24, 2.45) is 7.05 Å². The number of carbonyl (C=O) groups is 2. The molecule has 3 aromatic rings. The van der Waals surface area contributed by atoms with E-state index in [0.717, 1.165) is 11.3 Å². The lowest BCUT2D eigenvalue weighted by Gasteiger charge is -2.05. The predicted octanol–water partition coefficient (Wildman–Crippen LogP) is 3.43. The molecule has 3 rings (SSSR count). The molecule has 0 saturated carbocycles. The molecule has 0 unspecified atom stereocenters. The Kier molecular flexibility index (Phi) is 4.47. The second-order valence-corrected chi connectivity index (χ2v) is 5.37.